The van der Waals surface area contributed by atoms with Gasteiger partial charge in [-0.3, -0.25) is 4.79 Å². The van der Waals surface area contributed by atoms with Crippen molar-refractivity contribution in [1.82, 2.24) is 5.32 Å². The first-order valence-corrected chi connectivity index (χ1v) is 10.5. The molecule has 1 aliphatic rings. The minimum atomic E-state index is -0.911. The zero-order chi connectivity index (χ0) is 19.7. The van der Waals surface area contributed by atoms with Crippen molar-refractivity contribution in [2.45, 2.75) is 104 Å². The van der Waals surface area contributed by atoms with E-state index >= 15 is 0 Å². The van der Waals surface area contributed by atoms with Crippen LogP contribution in [0.4, 0.5) is 0 Å². The highest BCUT2D eigenvalue weighted by molar-refractivity contribution is 5.76. The second-order valence-corrected chi connectivity index (χ2v) is 9.10. The highest BCUT2D eigenvalue weighted by atomic mass is 16.3. The zero-order valence-corrected chi connectivity index (χ0v) is 17.2. The van der Waals surface area contributed by atoms with Crippen molar-refractivity contribution >= 4 is 5.91 Å². The standard InChI is InChI=1S/C21H41NO4/c1-5-6-7-8-9-10-11-12-17(24)22-18-19(25)15(14-23)13-16(20(18)26)21(2,3)4/h15-16,18-20,23,25-26H,5-14H2,1-4H3,(H,22,24)/t15?,16-,18+,19-,20?/m1/s1. The Kier molecular flexibility index (Phi) is 10.1. The Hall–Kier alpha value is -0.650. The molecule has 1 amide bonds. The molecular formula is C21H41NO4. The first-order chi connectivity index (χ1) is 12.2. The number of aliphatic hydroxyl groups excluding tert-OH is 3. The summed E-state index contributed by atoms with van der Waals surface area (Å²) in [7, 11) is 0. The van der Waals surface area contributed by atoms with Gasteiger partial charge in [-0.1, -0.05) is 66.2 Å². The molecular weight excluding hydrogens is 330 g/mol. The van der Waals surface area contributed by atoms with Crippen LogP contribution in [0, 0.1) is 17.3 Å². The van der Waals surface area contributed by atoms with E-state index in [0.717, 1.165) is 19.3 Å². The molecule has 1 aliphatic carbocycles. The van der Waals surface area contributed by atoms with Crippen molar-refractivity contribution in [1.29, 1.82) is 0 Å². The van der Waals surface area contributed by atoms with Gasteiger partial charge in [0, 0.05) is 18.9 Å². The molecule has 1 rings (SSSR count). The second kappa shape index (κ2) is 11.3. The summed E-state index contributed by atoms with van der Waals surface area (Å²) in [5.74, 6) is -0.508. The topological polar surface area (TPSA) is 89.8 Å². The quantitative estimate of drug-likeness (QED) is 0.444. The number of rotatable bonds is 10. The summed E-state index contributed by atoms with van der Waals surface area (Å²) >= 11 is 0. The zero-order valence-electron chi connectivity index (χ0n) is 17.2. The van der Waals surface area contributed by atoms with Gasteiger partial charge in [-0.05, 0) is 24.2 Å². The van der Waals surface area contributed by atoms with Crippen molar-refractivity contribution < 1.29 is 20.1 Å². The molecule has 0 spiro atoms. The van der Waals surface area contributed by atoms with E-state index in [-0.39, 0.29) is 29.8 Å². The summed E-state index contributed by atoms with van der Waals surface area (Å²) < 4.78 is 0. The monoisotopic (exact) mass is 371 g/mol. The van der Waals surface area contributed by atoms with Gasteiger partial charge >= 0.3 is 0 Å². The van der Waals surface area contributed by atoms with Crippen LogP contribution in [0.2, 0.25) is 0 Å². The van der Waals surface area contributed by atoms with E-state index < -0.39 is 18.2 Å². The number of aliphatic hydroxyl groups is 3. The van der Waals surface area contributed by atoms with Gasteiger partial charge in [0.2, 0.25) is 5.91 Å². The Morgan fingerprint density at radius 2 is 1.58 bits per heavy atom. The smallest absolute Gasteiger partial charge is 0.220 e. The van der Waals surface area contributed by atoms with Crippen molar-refractivity contribution in [2.75, 3.05) is 6.61 Å². The molecule has 26 heavy (non-hydrogen) atoms. The van der Waals surface area contributed by atoms with Crippen LogP contribution in [-0.4, -0.2) is 46.1 Å². The van der Waals surface area contributed by atoms with Gasteiger partial charge in [-0.25, -0.2) is 0 Å². The summed E-state index contributed by atoms with van der Waals surface area (Å²) in [5, 5.41) is 33.7. The Morgan fingerprint density at radius 3 is 2.12 bits per heavy atom. The molecule has 0 aliphatic heterocycles. The molecule has 1 saturated carbocycles. The number of unbranched alkanes of at least 4 members (excludes halogenated alkanes) is 6. The molecule has 154 valence electrons. The summed E-state index contributed by atoms with van der Waals surface area (Å²) in [5.41, 5.74) is -0.158. The van der Waals surface area contributed by atoms with Crippen LogP contribution < -0.4 is 5.32 Å². The molecule has 4 N–H and O–H groups in total. The largest absolute Gasteiger partial charge is 0.396 e. The molecule has 0 radical (unpaired) electrons. The average Bonchev–Trinajstić information content (AvgIpc) is 2.57. The first-order valence-electron chi connectivity index (χ1n) is 10.5. The lowest BCUT2D eigenvalue weighted by atomic mass is 9.65. The van der Waals surface area contributed by atoms with Gasteiger partial charge in [-0.15, -0.1) is 0 Å². The Morgan fingerprint density at radius 1 is 1.00 bits per heavy atom. The molecule has 0 aromatic carbocycles. The molecule has 0 aromatic rings. The average molecular weight is 372 g/mol. The number of carbonyl (C=O) groups excluding carboxylic acids is 1. The minimum absolute atomic E-state index is 0.0769. The van der Waals surface area contributed by atoms with E-state index in [2.05, 4.69) is 12.2 Å². The molecule has 0 saturated heterocycles. The lowest BCUT2D eigenvalue weighted by Gasteiger charge is -2.47. The van der Waals surface area contributed by atoms with Gasteiger partial charge in [0.05, 0.1) is 18.2 Å². The van der Waals surface area contributed by atoms with Crippen LogP contribution in [0.5, 0.6) is 0 Å². The van der Waals surface area contributed by atoms with Crippen molar-refractivity contribution in [3.63, 3.8) is 0 Å². The van der Waals surface area contributed by atoms with Crippen molar-refractivity contribution in [2.24, 2.45) is 17.3 Å². The third-order valence-electron chi connectivity index (χ3n) is 5.87. The fraction of sp³-hybridized carbons (Fsp3) is 0.952. The van der Waals surface area contributed by atoms with E-state index in [1.165, 1.54) is 25.7 Å². The van der Waals surface area contributed by atoms with Crippen LogP contribution in [0.3, 0.4) is 0 Å². The van der Waals surface area contributed by atoms with Gasteiger partial charge in [0.1, 0.15) is 0 Å². The van der Waals surface area contributed by atoms with E-state index in [1.807, 2.05) is 20.8 Å². The fourth-order valence-corrected chi connectivity index (χ4v) is 4.07. The van der Waals surface area contributed by atoms with E-state index in [1.54, 1.807) is 0 Å². The van der Waals surface area contributed by atoms with Crippen LogP contribution in [-0.2, 0) is 4.79 Å². The third kappa shape index (κ3) is 7.16. The Balaban J connectivity index is 2.49. The van der Waals surface area contributed by atoms with Crippen LogP contribution in [0.25, 0.3) is 0 Å². The lowest BCUT2D eigenvalue weighted by molar-refractivity contribution is -0.133. The molecule has 0 heterocycles. The van der Waals surface area contributed by atoms with Crippen LogP contribution >= 0.6 is 0 Å². The maximum Gasteiger partial charge on any atom is 0.220 e. The Bertz CT molecular complexity index is 407. The minimum Gasteiger partial charge on any atom is -0.396 e. The summed E-state index contributed by atoms with van der Waals surface area (Å²) in [6.45, 7) is 8.20. The number of hydrogen-bond donors (Lipinski definition) is 4. The second-order valence-electron chi connectivity index (χ2n) is 9.10. The summed E-state index contributed by atoms with van der Waals surface area (Å²) in [6.07, 6.45) is 7.30. The fourth-order valence-electron chi connectivity index (χ4n) is 4.07. The first kappa shape index (κ1) is 23.4. The lowest BCUT2D eigenvalue weighted by Crippen LogP contribution is -2.61. The molecule has 5 nitrogen and oxygen atoms in total. The molecule has 2 unspecified atom stereocenters. The number of nitrogens with one attached hydrogen (secondary N) is 1. The molecule has 0 aromatic heterocycles. The highest BCUT2D eigenvalue weighted by Gasteiger charge is 2.47. The predicted octanol–water partition coefficient (Wildman–Crippen LogP) is 3.01. The maximum atomic E-state index is 12.3. The van der Waals surface area contributed by atoms with Crippen LogP contribution in [0.1, 0.15) is 85.5 Å². The van der Waals surface area contributed by atoms with E-state index in [9.17, 15) is 20.1 Å². The van der Waals surface area contributed by atoms with E-state index in [0.29, 0.717) is 12.8 Å². The summed E-state index contributed by atoms with van der Waals surface area (Å²) in [6, 6.07) is -0.706. The molecule has 5 atom stereocenters. The van der Waals surface area contributed by atoms with Gasteiger partial charge in [0.25, 0.3) is 0 Å². The number of carbonyl (C=O) groups is 1. The number of amides is 1. The van der Waals surface area contributed by atoms with Gasteiger partial charge in [-0.2, -0.15) is 0 Å². The SMILES string of the molecule is CCCCCCCCCC(=O)N[C@@H]1C(O)[C@H](C(C)(C)C)CC(CO)[C@H]1O. The van der Waals surface area contributed by atoms with Crippen molar-refractivity contribution in [3.05, 3.63) is 0 Å². The molecule has 1 fully saturated rings. The normalized spacial score (nSPS) is 29.6. The van der Waals surface area contributed by atoms with Crippen LogP contribution in [0.15, 0.2) is 0 Å². The van der Waals surface area contributed by atoms with Gasteiger partial charge in [0.15, 0.2) is 0 Å². The molecule has 0 bridgehead atoms. The summed E-state index contributed by atoms with van der Waals surface area (Å²) in [4.78, 5) is 12.3. The maximum absolute atomic E-state index is 12.3. The predicted molar refractivity (Wildman–Crippen MR) is 105 cm³/mol. The number of hydrogen-bond acceptors (Lipinski definition) is 4. The highest BCUT2D eigenvalue weighted by Crippen LogP contribution is 2.40. The van der Waals surface area contributed by atoms with Crippen molar-refractivity contribution in [3.8, 4) is 0 Å². The van der Waals surface area contributed by atoms with E-state index in [4.69, 9.17) is 0 Å². The van der Waals surface area contributed by atoms with Gasteiger partial charge < -0.3 is 20.6 Å². The molecule has 5 heteroatoms. The Labute approximate surface area is 159 Å². The third-order valence-corrected chi connectivity index (χ3v) is 5.87.